The molecule has 4 nitrogen and oxygen atoms in total. The standard InChI is InChI=1S/C14H14Cl2N2O2S/c1-9-10(8-17)4-2-7-13(9)21(19,20)18-12-6-3-5-11(15)14(12)16/h2-7,18H,8,17H2,1H3. The van der Waals surface area contributed by atoms with Gasteiger partial charge in [-0.05, 0) is 36.2 Å². The van der Waals surface area contributed by atoms with Gasteiger partial charge >= 0.3 is 0 Å². The molecule has 21 heavy (non-hydrogen) atoms. The molecule has 0 bridgehead atoms. The van der Waals surface area contributed by atoms with Crippen molar-refractivity contribution in [1.29, 1.82) is 0 Å². The van der Waals surface area contributed by atoms with Crippen LogP contribution in [-0.4, -0.2) is 8.42 Å². The third kappa shape index (κ3) is 3.32. The van der Waals surface area contributed by atoms with E-state index in [1.807, 2.05) is 0 Å². The molecule has 2 aromatic rings. The summed E-state index contributed by atoms with van der Waals surface area (Å²) in [5, 5.41) is 0.444. The Bertz CT molecular complexity index is 777. The number of sulfonamides is 1. The van der Waals surface area contributed by atoms with E-state index >= 15 is 0 Å². The number of rotatable bonds is 4. The molecule has 0 heterocycles. The summed E-state index contributed by atoms with van der Waals surface area (Å²) in [6.45, 7) is 1.99. The summed E-state index contributed by atoms with van der Waals surface area (Å²) >= 11 is 11.9. The third-order valence-electron chi connectivity index (χ3n) is 3.10. The molecule has 0 radical (unpaired) electrons. The fourth-order valence-electron chi connectivity index (χ4n) is 1.95. The van der Waals surface area contributed by atoms with Crippen LogP contribution >= 0.6 is 23.2 Å². The Morgan fingerprint density at radius 3 is 2.48 bits per heavy atom. The van der Waals surface area contributed by atoms with Gasteiger partial charge in [0.15, 0.2) is 0 Å². The molecule has 3 N–H and O–H groups in total. The minimum atomic E-state index is -3.76. The van der Waals surface area contributed by atoms with Crippen LogP contribution in [0.4, 0.5) is 5.69 Å². The lowest BCUT2D eigenvalue weighted by atomic mass is 10.1. The Kier molecular flexibility index (Phi) is 4.78. The predicted octanol–water partition coefficient (Wildman–Crippen LogP) is 3.56. The highest BCUT2D eigenvalue weighted by molar-refractivity contribution is 7.92. The van der Waals surface area contributed by atoms with E-state index in [9.17, 15) is 8.42 Å². The van der Waals surface area contributed by atoms with Gasteiger partial charge in [-0.25, -0.2) is 8.42 Å². The van der Waals surface area contributed by atoms with E-state index in [-0.39, 0.29) is 27.2 Å². The van der Waals surface area contributed by atoms with Crippen LogP contribution in [0.25, 0.3) is 0 Å². The van der Waals surface area contributed by atoms with Crippen LogP contribution in [0, 0.1) is 6.92 Å². The van der Waals surface area contributed by atoms with Crippen LogP contribution in [-0.2, 0) is 16.6 Å². The summed E-state index contributed by atoms with van der Waals surface area (Å²) < 4.78 is 27.5. The van der Waals surface area contributed by atoms with Gasteiger partial charge in [0.2, 0.25) is 0 Å². The molecule has 7 heteroatoms. The van der Waals surface area contributed by atoms with Gasteiger partial charge in [0.1, 0.15) is 0 Å². The number of nitrogens with one attached hydrogen (secondary N) is 1. The molecule has 0 atom stereocenters. The molecule has 0 saturated carbocycles. The number of nitrogens with two attached hydrogens (primary N) is 1. The maximum absolute atomic E-state index is 12.5. The molecule has 0 unspecified atom stereocenters. The van der Waals surface area contributed by atoms with Gasteiger partial charge < -0.3 is 5.73 Å². The number of halogens is 2. The number of benzene rings is 2. The summed E-state index contributed by atoms with van der Waals surface area (Å²) in [7, 11) is -3.76. The maximum Gasteiger partial charge on any atom is 0.262 e. The van der Waals surface area contributed by atoms with Gasteiger partial charge in [0, 0.05) is 6.54 Å². The highest BCUT2D eigenvalue weighted by atomic mass is 35.5. The monoisotopic (exact) mass is 344 g/mol. The summed E-state index contributed by atoms with van der Waals surface area (Å²) in [6, 6.07) is 9.73. The molecule has 0 amide bonds. The summed E-state index contributed by atoms with van der Waals surface area (Å²) in [5.74, 6) is 0. The van der Waals surface area contributed by atoms with Crippen LogP contribution in [0.3, 0.4) is 0 Å². The lowest BCUT2D eigenvalue weighted by Gasteiger charge is -2.13. The van der Waals surface area contributed by atoms with Crippen molar-refractivity contribution in [2.45, 2.75) is 18.4 Å². The van der Waals surface area contributed by atoms with E-state index in [0.717, 1.165) is 5.56 Å². The van der Waals surface area contributed by atoms with Crippen LogP contribution in [0.2, 0.25) is 10.0 Å². The van der Waals surface area contributed by atoms with Crippen LogP contribution in [0.5, 0.6) is 0 Å². The fraction of sp³-hybridized carbons (Fsp3) is 0.143. The number of hydrogen-bond acceptors (Lipinski definition) is 3. The van der Waals surface area contributed by atoms with Gasteiger partial charge in [-0.1, -0.05) is 41.4 Å². The van der Waals surface area contributed by atoms with E-state index in [1.54, 1.807) is 37.3 Å². The Morgan fingerprint density at radius 1 is 1.14 bits per heavy atom. The van der Waals surface area contributed by atoms with Crippen molar-refractivity contribution in [2.75, 3.05) is 4.72 Å². The van der Waals surface area contributed by atoms with Crippen molar-refractivity contribution < 1.29 is 8.42 Å². The molecule has 2 rings (SSSR count). The highest BCUT2D eigenvalue weighted by Gasteiger charge is 2.19. The fourth-order valence-corrected chi connectivity index (χ4v) is 3.72. The zero-order chi connectivity index (χ0) is 15.6. The topological polar surface area (TPSA) is 72.2 Å². The van der Waals surface area contributed by atoms with Crippen molar-refractivity contribution in [2.24, 2.45) is 5.73 Å². The molecule has 0 fully saturated rings. The predicted molar refractivity (Wildman–Crippen MR) is 86.3 cm³/mol. The van der Waals surface area contributed by atoms with E-state index in [1.165, 1.54) is 6.07 Å². The first-order chi connectivity index (χ1) is 9.86. The molecule has 112 valence electrons. The molecule has 2 aromatic carbocycles. The summed E-state index contributed by atoms with van der Waals surface area (Å²) in [4.78, 5) is 0.168. The highest BCUT2D eigenvalue weighted by Crippen LogP contribution is 2.31. The first kappa shape index (κ1) is 16.1. The smallest absolute Gasteiger partial charge is 0.262 e. The summed E-state index contributed by atoms with van der Waals surface area (Å²) in [5.41, 5.74) is 7.23. The molecular formula is C14H14Cl2N2O2S. The van der Waals surface area contributed by atoms with Crippen LogP contribution in [0.15, 0.2) is 41.3 Å². The van der Waals surface area contributed by atoms with E-state index in [2.05, 4.69) is 4.72 Å². The minimum absolute atomic E-state index is 0.162. The second kappa shape index (κ2) is 6.23. The molecule has 0 saturated heterocycles. The zero-order valence-electron chi connectivity index (χ0n) is 11.2. The molecule has 0 aliphatic rings. The lowest BCUT2D eigenvalue weighted by molar-refractivity contribution is 0.600. The lowest BCUT2D eigenvalue weighted by Crippen LogP contribution is -2.16. The Labute approximate surface area is 133 Å². The second-order valence-electron chi connectivity index (χ2n) is 4.45. The summed E-state index contributed by atoms with van der Waals surface area (Å²) in [6.07, 6.45) is 0. The molecule has 0 aliphatic carbocycles. The van der Waals surface area contributed by atoms with Crippen molar-refractivity contribution in [1.82, 2.24) is 0 Å². The van der Waals surface area contributed by atoms with Crippen molar-refractivity contribution in [3.05, 3.63) is 57.6 Å². The first-order valence-corrected chi connectivity index (χ1v) is 8.36. The Balaban J connectivity index is 2.46. The van der Waals surface area contributed by atoms with E-state index in [0.29, 0.717) is 5.56 Å². The number of anilines is 1. The largest absolute Gasteiger partial charge is 0.326 e. The normalized spacial score (nSPS) is 11.4. The minimum Gasteiger partial charge on any atom is -0.326 e. The second-order valence-corrected chi connectivity index (χ2v) is 6.89. The van der Waals surface area contributed by atoms with Gasteiger partial charge in [-0.15, -0.1) is 0 Å². The van der Waals surface area contributed by atoms with E-state index < -0.39 is 10.0 Å². The maximum atomic E-state index is 12.5. The third-order valence-corrected chi connectivity index (χ3v) is 5.43. The van der Waals surface area contributed by atoms with Gasteiger partial charge in [-0.2, -0.15) is 0 Å². The van der Waals surface area contributed by atoms with Gasteiger partial charge in [-0.3, -0.25) is 4.72 Å². The van der Waals surface area contributed by atoms with Crippen LogP contribution in [0.1, 0.15) is 11.1 Å². The van der Waals surface area contributed by atoms with Crippen LogP contribution < -0.4 is 10.5 Å². The first-order valence-electron chi connectivity index (χ1n) is 6.12. The van der Waals surface area contributed by atoms with Crippen molar-refractivity contribution in [3.8, 4) is 0 Å². The zero-order valence-corrected chi connectivity index (χ0v) is 13.6. The van der Waals surface area contributed by atoms with Gasteiger partial charge in [0.05, 0.1) is 20.6 Å². The number of hydrogen-bond donors (Lipinski definition) is 2. The van der Waals surface area contributed by atoms with Crippen molar-refractivity contribution in [3.63, 3.8) is 0 Å². The Morgan fingerprint density at radius 2 is 1.81 bits per heavy atom. The molecular weight excluding hydrogens is 331 g/mol. The Hall–Kier alpha value is -1.27. The average Bonchev–Trinajstić information content (AvgIpc) is 2.44. The van der Waals surface area contributed by atoms with Crippen molar-refractivity contribution >= 4 is 38.9 Å². The molecule has 0 aliphatic heterocycles. The average molecular weight is 345 g/mol. The quantitative estimate of drug-likeness (QED) is 0.890. The SMILES string of the molecule is Cc1c(CN)cccc1S(=O)(=O)Nc1cccc(Cl)c1Cl. The molecule has 0 aromatic heterocycles. The molecule has 0 spiro atoms. The van der Waals surface area contributed by atoms with E-state index in [4.69, 9.17) is 28.9 Å². The van der Waals surface area contributed by atoms with Gasteiger partial charge in [0.25, 0.3) is 10.0 Å².